The number of anilines is 1. The highest BCUT2D eigenvalue weighted by Gasteiger charge is 2.27. The van der Waals surface area contributed by atoms with Crippen molar-refractivity contribution in [2.45, 2.75) is 25.3 Å². The number of aromatic amines is 1. The van der Waals surface area contributed by atoms with Gasteiger partial charge in [-0.3, -0.25) is 4.79 Å². The summed E-state index contributed by atoms with van der Waals surface area (Å²) in [7, 11) is 0. The fourth-order valence-corrected chi connectivity index (χ4v) is 4.20. The van der Waals surface area contributed by atoms with Crippen molar-refractivity contribution in [1.29, 1.82) is 0 Å². The number of halogens is 1. The molecule has 4 aromatic rings. The lowest BCUT2D eigenvalue weighted by Gasteiger charge is -2.36. The zero-order chi connectivity index (χ0) is 21.9. The molecule has 0 radical (unpaired) electrons. The quantitative estimate of drug-likeness (QED) is 0.494. The van der Waals surface area contributed by atoms with Gasteiger partial charge in [0, 0.05) is 48.0 Å². The molecule has 1 saturated heterocycles. The Kier molecular flexibility index (Phi) is 5.49. The van der Waals surface area contributed by atoms with Gasteiger partial charge in [-0.2, -0.15) is 0 Å². The first-order valence-electron chi connectivity index (χ1n) is 10.8. The molecule has 1 amide bonds. The molecule has 1 atom stereocenters. The molecule has 8 heteroatoms. The van der Waals surface area contributed by atoms with Crippen molar-refractivity contribution in [2.75, 3.05) is 18.4 Å². The highest BCUT2D eigenvalue weighted by Crippen LogP contribution is 2.26. The van der Waals surface area contributed by atoms with Crippen molar-refractivity contribution >= 4 is 22.8 Å². The fraction of sp³-hybridized carbons (Fsp3) is 0.250. The zero-order valence-electron chi connectivity index (χ0n) is 17.5. The smallest absolute Gasteiger partial charge is 0.254 e. The first-order valence-corrected chi connectivity index (χ1v) is 10.8. The summed E-state index contributed by atoms with van der Waals surface area (Å²) in [5.74, 6) is 0.0237. The summed E-state index contributed by atoms with van der Waals surface area (Å²) in [6.07, 6.45) is 7.51. The van der Waals surface area contributed by atoms with Crippen molar-refractivity contribution in [3.05, 3.63) is 72.4 Å². The number of aromatic nitrogens is 4. The molecule has 0 unspecified atom stereocenters. The maximum atomic E-state index is 14.5. The summed E-state index contributed by atoms with van der Waals surface area (Å²) in [5, 5.41) is 4.00. The maximum Gasteiger partial charge on any atom is 0.254 e. The van der Waals surface area contributed by atoms with Gasteiger partial charge in [-0.15, -0.1) is 0 Å². The molecule has 1 aliphatic rings. The monoisotopic (exact) mass is 430 g/mol. The normalized spacial score (nSPS) is 16.3. The molecule has 3 aromatic heterocycles. The second-order valence-electron chi connectivity index (χ2n) is 7.89. The molecule has 32 heavy (non-hydrogen) atoms. The Morgan fingerprint density at radius 2 is 2.03 bits per heavy atom. The Morgan fingerprint density at radius 1 is 1.16 bits per heavy atom. The molecule has 162 valence electrons. The highest BCUT2D eigenvalue weighted by atomic mass is 19.1. The molecule has 1 aromatic carbocycles. The van der Waals surface area contributed by atoms with Crippen LogP contribution in [0.3, 0.4) is 0 Å². The minimum Gasteiger partial charge on any atom is -0.365 e. The fourth-order valence-electron chi connectivity index (χ4n) is 4.20. The second-order valence-corrected chi connectivity index (χ2v) is 7.89. The molecule has 2 N–H and O–H groups in total. The Balaban J connectivity index is 1.36. The summed E-state index contributed by atoms with van der Waals surface area (Å²) >= 11 is 0. The summed E-state index contributed by atoms with van der Waals surface area (Å²) in [4.78, 5) is 30.9. The van der Waals surface area contributed by atoms with E-state index >= 15 is 0 Å². The van der Waals surface area contributed by atoms with E-state index < -0.39 is 5.82 Å². The number of H-pyrrole nitrogens is 1. The molecule has 1 fully saturated rings. The van der Waals surface area contributed by atoms with E-state index in [9.17, 15) is 9.18 Å². The van der Waals surface area contributed by atoms with Gasteiger partial charge >= 0.3 is 0 Å². The SMILES string of the molecule is O=C(c1ccccc1)N1CCCC[C@H]1CNc1nc(-c2c[nH]c3ncccc23)ncc1F. The van der Waals surface area contributed by atoms with Crippen LogP contribution in [0, 0.1) is 5.82 Å². The highest BCUT2D eigenvalue weighted by molar-refractivity contribution is 5.94. The van der Waals surface area contributed by atoms with Gasteiger partial charge in [0.1, 0.15) is 5.65 Å². The first-order chi connectivity index (χ1) is 15.7. The van der Waals surface area contributed by atoms with E-state index in [0.717, 1.165) is 35.9 Å². The molecule has 1 aliphatic heterocycles. The van der Waals surface area contributed by atoms with Crippen LogP contribution in [0.2, 0.25) is 0 Å². The van der Waals surface area contributed by atoms with Crippen LogP contribution < -0.4 is 5.32 Å². The Bertz CT molecular complexity index is 1240. The molecule has 0 aliphatic carbocycles. The predicted molar refractivity (Wildman–Crippen MR) is 121 cm³/mol. The van der Waals surface area contributed by atoms with Crippen molar-refractivity contribution in [3.63, 3.8) is 0 Å². The van der Waals surface area contributed by atoms with E-state index in [-0.39, 0.29) is 17.8 Å². The number of likely N-dealkylation sites (tertiary alicyclic amines) is 1. The Morgan fingerprint density at radius 3 is 2.91 bits per heavy atom. The Hall–Kier alpha value is -3.81. The molecule has 0 saturated carbocycles. The Labute approximate surface area is 184 Å². The summed E-state index contributed by atoms with van der Waals surface area (Å²) in [5.41, 5.74) is 2.15. The average Bonchev–Trinajstić information content (AvgIpc) is 3.28. The van der Waals surface area contributed by atoms with Crippen LogP contribution in [0.4, 0.5) is 10.2 Å². The van der Waals surface area contributed by atoms with Crippen LogP contribution in [0.1, 0.15) is 29.6 Å². The number of benzene rings is 1. The van der Waals surface area contributed by atoms with Crippen LogP contribution in [0.15, 0.2) is 61.1 Å². The van der Waals surface area contributed by atoms with Crippen molar-refractivity contribution in [1.82, 2.24) is 24.8 Å². The number of pyridine rings is 1. The summed E-state index contributed by atoms with van der Waals surface area (Å²) in [6.45, 7) is 1.11. The van der Waals surface area contributed by atoms with Gasteiger partial charge in [0.05, 0.1) is 6.20 Å². The van der Waals surface area contributed by atoms with Gasteiger partial charge in [-0.05, 0) is 43.5 Å². The van der Waals surface area contributed by atoms with Crippen LogP contribution in [-0.2, 0) is 0 Å². The number of nitrogens with one attached hydrogen (secondary N) is 2. The number of nitrogens with zero attached hydrogens (tertiary/aromatic N) is 4. The standard InChI is InChI=1S/C24H23FN6O/c25-20-15-29-22(19-14-28-21-18(19)10-6-11-26-21)30-23(20)27-13-17-9-4-5-12-31(17)24(32)16-7-2-1-3-8-16/h1-3,6-8,10-11,14-15,17H,4-5,9,12-13H2,(H,26,28)(H,27,29,30)/t17-/m0/s1. The van der Waals surface area contributed by atoms with Gasteiger partial charge in [0.2, 0.25) is 0 Å². The topological polar surface area (TPSA) is 86.8 Å². The minimum atomic E-state index is -0.525. The average molecular weight is 430 g/mol. The van der Waals surface area contributed by atoms with Gasteiger partial charge in [0.25, 0.3) is 5.91 Å². The van der Waals surface area contributed by atoms with Crippen LogP contribution in [0.25, 0.3) is 22.4 Å². The van der Waals surface area contributed by atoms with Crippen LogP contribution in [-0.4, -0.2) is 49.9 Å². The number of carbonyl (C=O) groups excluding carboxylic acids is 1. The maximum absolute atomic E-state index is 14.5. The third-order valence-electron chi connectivity index (χ3n) is 5.85. The van der Waals surface area contributed by atoms with Crippen molar-refractivity contribution in [3.8, 4) is 11.4 Å². The van der Waals surface area contributed by atoms with Gasteiger partial charge in [-0.25, -0.2) is 19.3 Å². The van der Waals surface area contributed by atoms with Gasteiger partial charge < -0.3 is 15.2 Å². The van der Waals surface area contributed by atoms with Crippen molar-refractivity contribution < 1.29 is 9.18 Å². The van der Waals surface area contributed by atoms with Crippen LogP contribution in [0.5, 0.6) is 0 Å². The van der Waals surface area contributed by atoms with E-state index in [4.69, 9.17) is 0 Å². The van der Waals surface area contributed by atoms with Crippen LogP contribution >= 0.6 is 0 Å². The third kappa shape index (κ3) is 3.91. The largest absolute Gasteiger partial charge is 0.365 e. The van der Waals surface area contributed by atoms with E-state index in [2.05, 4.69) is 25.3 Å². The predicted octanol–water partition coefficient (Wildman–Crippen LogP) is 4.27. The van der Waals surface area contributed by atoms with E-state index in [1.54, 1.807) is 12.4 Å². The zero-order valence-corrected chi connectivity index (χ0v) is 17.5. The second kappa shape index (κ2) is 8.74. The van der Waals surface area contributed by atoms with E-state index in [1.165, 1.54) is 6.20 Å². The van der Waals surface area contributed by atoms with Gasteiger partial charge in [0.15, 0.2) is 17.5 Å². The molecule has 4 heterocycles. The van der Waals surface area contributed by atoms with Gasteiger partial charge in [-0.1, -0.05) is 18.2 Å². The number of hydrogen-bond acceptors (Lipinski definition) is 5. The number of piperidine rings is 1. The lowest BCUT2D eigenvalue weighted by molar-refractivity contribution is 0.0628. The molecule has 0 bridgehead atoms. The molecule has 0 spiro atoms. The molecular formula is C24H23FN6O. The van der Waals surface area contributed by atoms with E-state index in [1.807, 2.05) is 47.4 Å². The lowest BCUT2D eigenvalue weighted by Crippen LogP contribution is -2.47. The summed E-state index contributed by atoms with van der Waals surface area (Å²) < 4.78 is 14.5. The van der Waals surface area contributed by atoms with Crippen molar-refractivity contribution in [2.24, 2.45) is 0 Å². The third-order valence-corrected chi connectivity index (χ3v) is 5.85. The molecule has 5 rings (SSSR count). The number of fused-ring (bicyclic) bond motifs is 1. The number of carbonyl (C=O) groups is 1. The first kappa shape index (κ1) is 20.1. The number of hydrogen-bond donors (Lipinski definition) is 2. The number of rotatable bonds is 5. The summed E-state index contributed by atoms with van der Waals surface area (Å²) in [6, 6.07) is 13.0. The number of amides is 1. The van der Waals surface area contributed by atoms with E-state index in [0.29, 0.717) is 24.5 Å². The minimum absolute atomic E-state index is 0.00670. The molecular weight excluding hydrogens is 407 g/mol. The lowest BCUT2D eigenvalue weighted by atomic mass is 10.0. The molecule has 7 nitrogen and oxygen atoms in total.